The Morgan fingerprint density at radius 3 is 2.15 bits per heavy atom. The smallest absolute Gasteiger partial charge is 0.446 e. The first-order valence-corrected chi connectivity index (χ1v) is 5.68. The average Bonchev–Trinajstić information content (AvgIpc) is 2.03. The second-order valence-electron chi connectivity index (χ2n) is 2.83. The minimum atomic E-state index is -4.66. The van der Waals surface area contributed by atoms with E-state index in [9.17, 15) is 12.9 Å². The predicted octanol–water partition coefficient (Wildman–Crippen LogP) is 2.68. The lowest BCUT2D eigenvalue weighted by atomic mass is 9.98. The highest BCUT2D eigenvalue weighted by atomic mass is 32.2. The van der Waals surface area contributed by atoms with Crippen molar-refractivity contribution in [2.24, 2.45) is 0 Å². The largest absolute Gasteiger partial charge is 0.527 e. The van der Waals surface area contributed by atoms with Crippen LogP contribution in [0.1, 0.15) is 0 Å². The normalized spacial score (nSPS) is 14.2. The second-order valence-corrected chi connectivity index (χ2v) is 4.91. The van der Waals surface area contributed by atoms with Gasteiger partial charge in [-0.25, -0.2) is 0 Å². The molecule has 1 rings (SSSR count). The molecule has 0 aromatic heterocycles. The van der Waals surface area contributed by atoms with Crippen LogP contribution in [0.5, 0.6) is 0 Å². The molecule has 1 atom stereocenters. The fourth-order valence-corrected chi connectivity index (χ4v) is 2.41. The molecule has 0 amide bonds. The number of hydrogen-bond donors (Lipinski definition) is 0. The molecule has 0 saturated heterocycles. The first-order chi connectivity index (χ1) is 5.99. The molecule has 0 aliphatic rings. The SMILES string of the molecule is C[S+](C[B-](F)(F)F)c1ccccc1. The predicted molar refractivity (Wildman–Crippen MR) is 51.9 cm³/mol. The molecule has 0 spiro atoms. The van der Waals surface area contributed by atoms with E-state index in [2.05, 4.69) is 0 Å². The third kappa shape index (κ3) is 3.76. The van der Waals surface area contributed by atoms with E-state index < -0.39 is 23.5 Å². The molecule has 0 aliphatic heterocycles. The van der Waals surface area contributed by atoms with Crippen LogP contribution in [-0.2, 0) is 10.9 Å². The maximum absolute atomic E-state index is 12.1. The van der Waals surface area contributed by atoms with Gasteiger partial charge in [0, 0.05) is 0 Å². The Balaban J connectivity index is 2.64. The molecule has 0 radical (unpaired) electrons. The van der Waals surface area contributed by atoms with Crippen molar-refractivity contribution >= 4 is 17.9 Å². The summed E-state index contributed by atoms with van der Waals surface area (Å²) in [7, 11) is -0.700. The molecule has 0 saturated carbocycles. The van der Waals surface area contributed by atoms with Crippen LogP contribution >= 0.6 is 0 Å². The Bertz CT molecular complexity index is 260. The van der Waals surface area contributed by atoms with E-state index in [1.54, 1.807) is 36.6 Å². The van der Waals surface area contributed by atoms with E-state index in [0.29, 0.717) is 0 Å². The van der Waals surface area contributed by atoms with Crippen LogP contribution in [0, 0.1) is 0 Å². The standard InChI is InChI=1S/C8H10BF3S/c1-13(7-9(10,11)12)8-5-3-2-4-6-8/h2-6H,7H2,1H3. The topological polar surface area (TPSA) is 0 Å². The van der Waals surface area contributed by atoms with Gasteiger partial charge in [0.15, 0.2) is 4.90 Å². The van der Waals surface area contributed by atoms with Crippen LogP contribution in [0.2, 0.25) is 0 Å². The van der Waals surface area contributed by atoms with Crippen LogP contribution in [0.25, 0.3) is 0 Å². The molecular formula is C8H10BF3S. The van der Waals surface area contributed by atoms with Crippen molar-refractivity contribution in [3.8, 4) is 0 Å². The van der Waals surface area contributed by atoms with Crippen molar-refractivity contribution in [1.29, 1.82) is 0 Å². The van der Waals surface area contributed by atoms with Crippen molar-refractivity contribution in [1.82, 2.24) is 0 Å². The molecule has 0 N–H and O–H groups in total. The summed E-state index contributed by atoms with van der Waals surface area (Å²) in [5.74, 6) is 0. The molecule has 1 unspecified atom stereocenters. The first kappa shape index (κ1) is 10.5. The lowest BCUT2D eigenvalue weighted by Gasteiger charge is -2.12. The molecular weight excluding hydrogens is 196 g/mol. The second kappa shape index (κ2) is 4.09. The zero-order valence-electron chi connectivity index (χ0n) is 7.21. The molecule has 0 nitrogen and oxygen atoms in total. The molecule has 5 heteroatoms. The monoisotopic (exact) mass is 206 g/mol. The van der Waals surface area contributed by atoms with Crippen LogP contribution in [0.3, 0.4) is 0 Å². The van der Waals surface area contributed by atoms with Gasteiger partial charge >= 0.3 is 6.98 Å². The molecule has 0 fully saturated rings. The molecule has 0 bridgehead atoms. The maximum atomic E-state index is 12.1. The Morgan fingerprint density at radius 1 is 1.15 bits per heavy atom. The van der Waals surface area contributed by atoms with E-state index in [0.717, 1.165) is 4.90 Å². The third-order valence-electron chi connectivity index (χ3n) is 1.58. The van der Waals surface area contributed by atoms with E-state index in [1.165, 1.54) is 0 Å². The molecule has 13 heavy (non-hydrogen) atoms. The van der Waals surface area contributed by atoms with Crippen LogP contribution in [-0.4, -0.2) is 18.9 Å². The summed E-state index contributed by atoms with van der Waals surface area (Å²) in [5, 5.41) is 0. The van der Waals surface area contributed by atoms with Gasteiger partial charge in [-0.15, -0.1) is 0 Å². The van der Waals surface area contributed by atoms with Crippen molar-refractivity contribution in [3.63, 3.8) is 0 Å². The lowest BCUT2D eigenvalue weighted by Crippen LogP contribution is -2.28. The van der Waals surface area contributed by atoms with Crippen LogP contribution in [0.4, 0.5) is 12.9 Å². The fraction of sp³-hybridized carbons (Fsp3) is 0.250. The number of hydrogen-bond acceptors (Lipinski definition) is 0. The molecule has 72 valence electrons. The lowest BCUT2D eigenvalue weighted by molar-refractivity contribution is 0.485. The summed E-state index contributed by atoms with van der Waals surface area (Å²) in [5.41, 5.74) is -0.663. The van der Waals surface area contributed by atoms with Gasteiger partial charge < -0.3 is 12.9 Å². The molecule has 1 aromatic rings. The molecule has 1 aromatic carbocycles. The quantitative estimate of drug-likeness (QED) is 0.526. The summed E-state index contributed by atoms with van der Waals surface area (Å²) in [6.45, 7) is -4.66. The Labute approximate surface area is 78.6 Å². The zero-order valence-corrected chi connectivity index (χ0v) is 8.03. The van der Waals surface area contributed by atoms with Gasteiger partial charge in [-0.2, -0.15) is 0 Å². The summed E-state index contributed by atoms with van der Waals surface area (Å²) in [4.78, 5) is 0.779. The summed E-state index contributed by atoms with van der Waals surface area (Å²) >= 11 is 0. The number of rotatable bonds is 3. The highest BCUT2D eigenvalue weighted by Crippen LogP contribution is 2.18. The van der Waals surface area contributed by atoms with Gasteiger partial charge in [0.25, 0.3) is 0 Å². The number of halogens is 3. The van der Waals surface area contributed by atoms with Crippen molar-refractivity contribution in [3.05, 3.63) is 30.3 Å². The van der Waals surface area contributed by atoms with Crippen molar-refractivity contribution < 1.29 is 12.9 Å². The van der Waals surface area contributed by atoms with Crippen LogP contribution in [0.15, 0.2) is 35.2 Å². The summed E-state index contributed by atoms with van der Waals surface area (Å²) in [6, 6.07) is 8.82. The minimum absolute atomic E-state index is 0.663. The Morgan fingerprint density at radius 2 is 1.69 bits per heavy atom. The maximum Gasteiger partial charge on any atom is 0.527 e. The van der Waals surface area contributed by atoms with E-state index >= 15 is 0 Å². The first-order valence-electron chi connectivity index (χ1n) is 3.87. The van der Waals surface area contributed by atoms with Crippen LogP contribution < -0.4 is 0 Å². The van der Waals surface area contributed by atoms with E-state index in [1.807, 2.05) is 0 Å². The van der Waals surface area contributed by atoms with Crippen molar-refractivity contribution in [2.45, 2.75) is 4.90 Å². The highest BCUT2D eigenvalue weighted by Gasteiger charge is 2.33. The average molecular weight is 206 g/mol. The summed E-state index contributed by atoms with van der Waals surface area (Å²) < 4.78 is 36.2. The third-order valence-corrected chi connectivity index (χ3v) is 3.54. The van der Waals surface area contributed by atoms with Gasteiger partial charge in [-0.1, -0.05) is 18.2 Å². The summed E-state index contributed by atoms with van der Waals surface area (Å²) in [6.07, 6.45) is 1.63. The highest BCUT2D eigenvalue weighted by molar-refractivity contribution is 7.97. The minimum Gasteiger partial charge on any atom is -0.446 e. The van der Waals surface area contributed by atoms with Gasteiger partial charge in [0.05, 0.1) is 11.9 Å². The van der Waals surface area contributed by atoms with Gasteiger partial charge in [-0.05, 0) is 23.0 Å². The number of benzene rings is 1. The fourth-order valence-electron chi connectivity index (χ4n) is 1.03. The Hall–Kier alpha value is -0.575. The van der Waals surface area contributed by atoms with Crippen molar-refractivity contribution in [2.75, 3.05) is 11.9 Å². The Kier molecular flexibility index (Phi) is 3.30. The van der Waals surface area contributed by atoms with E-state index in [-0.39, 0.29) is 0 Å². The van der Waals surface area contributed by atoms with E-state index in [4.69, 9.17) is 0 Å². The van der Waals surface area contributed by atoms with Gasteiger partial charge in [-0.3, -0.25) is 0 Å². The van der Waals surface area contributed by atoms with Gasteiger partial charge in [0.1, 0.15) is 0 Å². The molecule has 0 aliphatic carbocycles. The van der Waals surface area contributed by atoms with Gasteiger partial charge in [0.2, 0.25) is 0 Å². The zero-order chi connectivity index (χ0) is 9.90. The molecule has 0 heterocycles.